The third-order valence-electron chi connectivity index (χ3n) is 18.6. The summed E-state index contributed by atoms with van der Waals surface area (Å²) in [6.07, 6.45) is 58.3. The average Bonchev–Trinajstić information content (AvgIpc) is 1.31. The smallest absolute Gasteiger partial charge is 0.462 e. The number of unbranched alkanes of at least 4 members (excludes halogenated alkanes) is 46. The third kappa shape index (κ3) is 74.1. The standard InChI is InChI=1S/C80H156O17P2/c1-8-9-10-11-12-13-14-15-23-26-32-40-47-54-61-77(82)90-67-75(96-79(84)63-56-49-42-33-27-24-21-19-17-16-18-20-22-25-30-37-44-51-58-71(2)3)69-94-98(86,87)92-65-74(81)66-93-99(88,89)95-70-76(68-91-78(83)62-55-48-41-36-35-39-46-53-60-73(6)7)97-80(85)64-57-50-43-34-29-28-31-38-45-52-59-72(4)5/h71-76,81H,8-70H2,1-7H3,(H,86,87)(H,88,89)/t74-,75-,76-/m1/s1. The van der Waals surface area contributed by atoms with Crippen molar-refractivity contribution >= 4 is 39.5 Å². The van der Waals surface area contributed by atoms with Crippen molar-refractivity contribution in [2.45, 2.75) is 433 Å². The van der Waals surface area contributed by atoms with Gasteiger partial charge in [-0.15, -0.1) is 0 Å². The lowest BCUT2D eigenvalue weighted by Gasteiger charge is -2.21. The van der Waals surface area contributed by atoms with E-state index in [1.54, 1.807) is 0 Å². The predicted octanol–water partition coefficient (Wildman–Crippen LogP) is 23.7. The van der Waals surface area contributed by atoms with Gasteiger partial charge in [-0.1, -0.05) is 363 Å². The van der Waals surface area contributed by atoms with Crippen LogP contribution in [0, 0.1) is 17.8 Å². The Morgan fingerprint density at radius 3 is 0.687 bits per heavy atom. The summed E-state index contributed by atoms with van der Waals surface area (Å²) in [5.74, 6) is 0.186. The summed E-state index contributed by atoms with van der Waals surface area (Å²) in [5.41, 5.74) is 0. The number of aliphatic hydroxyl groups is 1. The predicted molar refractivity (Wildman–Crippen MR) is 405 cm³/mol. The highest BCUT2D eigenvalue weighted by Gasteiger charge is 2.30. The summed E-state index contributed by atoms with van der Waals surface area (Å²) in [6, 6.07) is 0. The quantitative estimate of drug-likeness (QED) is 0.0222. The van der Waals surface area contributed by atoms with Gasteiger partial charge in [0.2, 0.25) is 0 Å². The molecule has 0 saturated carbocycles. The second-order valence-corrected chi connectivity index (χ2v) is 33.1. The van der Waals surface area contributed by atoms with Crippen molar-refractivity contribution in [1.29, 1.82) is 0 Å². The maximum absolute atomic E-state index is 13.1. The summed E-state index contributed by atoms with van der Waals surface area (Å²) < 4.78 is 68.7. The van der Waals surface area contributed by atoms with Gasteiger partial charge in [0, 0.05) is 25.7 Å². The SMILES string of the molecule is CCCCCCCCCCCCCCCCC(=O)OC[C@H](COP(=O)(O)OC[C@@H](O)COP(=O)(O)OC[C@@H](COC(=O)CCCCCCCCCCC(C)C)OC(=O)CCCCCCCCCCCCC(C)C)OC(=O)CCCCCCCCCCCCCCCCCCCCC(C)C. The van der Waals surface area contributed by atoms with E-state index in [0.717, 1.165) is 108 Å². The second-order valence-electron chi connectivity index (χ2n) is 30.2. The Labute approximate surface area is 607 Å². The van der Waals surface area contributed by atoms with E-state index in [1.807, 2.05) is 0 Å². The van der Waals surface area contributed by atoms with Gasteiger partial charge < -0.3 is 33.8 Å². The van der Waals surface area contributed by atoms with Crippen LogP contribution >= 0.6 is 15.6 Å². The van der Waals surface area contributed by atoms with Crippen molar-refractivity contribution in [3.8, 4) is 0 Å². The lowest BCUT2D eigenvalue weighted by atomic mass is 10.0. The van der Waals surface area contributed by atoms with Crippen LogP contribution in [0.2, 0.25) is 0 Å². The summed E-state index contributed by atoms with van der Waals surface area (Å²) in [5, 5.41) is 10.6. The zero-order valence-electron chi connectivity index (χ0n) is 65.0. The molecule has 588 valence electrons. The first-order valence-electron chi connectivity index (χ1n) is 41.3. The van der Waals surface area contributed by atoms with Gasteiger partial charge in [-0.3, -0.25) is 37.3 Å². The average molecular weight is 1450 g/mol. The maximum Gasteiger partial charge on any atom is 0.472 e. The number of hydrogen-bond donors (Lipinski definition) is 3. The van der Waals surface area contributed by atoms with Gasteiger partial charge >= 0.3 is 39.5 Å². The second kappa shape index (κ2) is 70.4. The summed E-state index contributed by atoms with van der Waals surface area (Å²) in [7, 11) is -9.92. The molecule has 0 aliphatic rings. The Bertz CT molecular complexity index is 1920. The molecule has 0 bridgehead atoms. The van der Waals surface area contributed by atoms with Crippen molar-refractivity contribution in [1.82, 2.24) is 0 Å². The highest BCUT2D eigenvalue weighted by molar-refractivity contribution is 7.47. The number of carbonyl (C=O) groups is 4. The lowest BCUT2D eigenvalue weighted by Crippen LogP contribution is -2.30. The lowest BCUT2D eigenvalue weighted by molar-refractivity contribution is -0.161. The van der Waals surface area contributed by atoms with E-state index in [-0.39, 0.29) is 25.7 Å². The number of phosphoric acid groups is 2. The molecule has 0 heterocycles. The molecule has 0 aliphatic carbocycles. The monoisotopic (exact) mass is 1450 g/mol. The molecule has 0 amide bonds. The van der Waals surface area contributed by atoms with Crippen LogP contribution < -0.4 is 0 Å². The zero-order chi connectivity index (χ0) is 73.0. The minimum Gasteiger partial charge on any atom is -0.462 e. The molecular weight excluding hydrogens is 1290 g/mol. The van der Waals surface area contributed by atoms with E-state index < -0.39 is 97.5 Å². The van der Waals surface area contributed by atoms with Crippen LogP contribution in [-0.2, 0) is 65.4 Å². The van der Waals surface area contributed by atoms with Crippen molar-refractivity contribution in [2.24, 2.45) is 17.8 Å². The molecule has 0 radical (unpaired) electrons. The Morgan fingerprint density at radius 1 is 0.273 bits per heavy atom. The molecule has 5 atom stereocenters. The first-order valence-corrected chi connectivity index (χ1v) is 44.3. The molecule has 17 nitrogen and oxygen atoms in total. The molecule has 0 aromatic heterocycles. The molecule has 0 fully saturated rings. The Morgan fingerprint density at radius 2 is 0.465 bits per heavy atom. The molecule has 19 heteroatoms. The number of aliphatic hydroxyl groups excluding tert-OH is 1. The van der Waals surface area contributed by atoms with Crippen LogP contribution in [0.25, 0.3) is 0 Å². The van der Waals surface area contributed by atoms with Crippen LogP contribution in [0.1, 0.15) is 414 Å². The topological polar surface area (TPSA) is 237 Å². The minimum atomic E-state index is -4.96. The Kier molecular flexibility index (Phi) is 69.0. The van der Waals surface area contributed by atoms with Crippen molar-refractivity contribution < 1.29 is 80.2 Å². The van der Waals surface area contributed by atoms with Crippen molar-refractivity contribution in [2.75, 3.05) is 39.6 Å². The molecular formula is C80H156O17P2. The van der Waals surface area contributed by atoms with Crippen LogP contribution in [0.3, 0.4) is 0 Å². The van der Waals surface area contributed by atoms with Gasteiger partial charge in [-0.2, -0.15) is 0 Å². The number of esters is 4. The van der Waals surface area contributed by atoms with Crippen LogP contribution in [0.5, 0.6) is 0 Å². The number of ether oxygens (including phenoxy) is 4. The molecule has 0 aromatic rings. The van der Waals surface area contributed by atoms with E-state index in [4.69, 9.17) is 37.0 Å². The van der Waals surface area contributed by atoms with Crippen molar-refractivity contribution in [3.63, 3.8) is 0 Å². The molecule has 99 heavy (non-hydrogen) atoms. The van der Waals surface area contributed by atoms with Gasteiger partial charge in [0.15, 0.2) is 12.2 Å². The molecule has 0 aliphatic heterocycles. The normalized spacial score (nSPS) is 14.0. The number of rotatable bonds is 78. The first-order chi connectivity index (χ1) is 47.7. The van der Waals surface area contributed by atoms with Gasteiger partial charge in [0.05, 0.1) is 26.4 Å². The fourth-order valence-electron chi connectivity index (χ4n) is 12.3. The highest BCUT2D eigenvalue weighted by atomic mass is 31.2. The van der Waals surface area contributed by atoms with E-state index in [9.17, 15) is 43.2 Å². The molecule has 3 N–H and O–H groups in total. The molecule has 0 rings (SSSR count). The zero-order valence-corrected chi connectivity index (χ0v) is 66.8. The van der Waals surface area contributed by atoms with E-state index in [2.05, 4.69) is 48.5 Å². The number of hydrogen-bond acceptors (Lipinski definition) is 15. The van der Waals surface area contributed by atoms with Crippen molar-refractivity contribution in [3.05, 3.63) is 0 Å². The number of carbonyl (C=O) groups excluding carboxylic acids is 4. The van der Waals surface area contributed by atoms with Gasteiger partial charge in [0.25, 0.3) is 0 Å². The van der Waals surface area contributed by atoms with Crippen LogP contribution in [0.15, 0.2) is 0 Å². The van der Waals surface area contributed by atoms with Crippen LogP contribution in [-0.4, -0.2) is 96.7 Å². The van der Waals surface area contributed by atoms with Gasteiger partial charge in [0.1, 0.15) is 19.3 Å². The van der Waals surface area contributed by atoms with Gasteiger partial charge in [-0.05, 0) is 43.4 Å². The Balaban J connectivity index is 5.22. The highest BCUT2D eigenvalue weighted by Crippen LogP contribution is 2.45. The molecule has 0 spiro atoms. The van der Waals surface area contributed by atoms with Crippen LogP contribution in [0.4, 0.5) is 0 Å². The molecule has 2 unspecified atom stereocenters. The van der Waals surface area contributed by atoms with Gasteiger partial charge in [-0.25, -0.2) is 9.13 Å². The molecule has 0 saturated heterocycles. The fourth-order valence-corrected chi connectivity index (χ4v) is 13.9. The summed E-state index contributed by atoms with van der Waals surface area (Å²) in [6.45, 7) is 11.9. The first kappa shape index (κ1) is 97.1. The number of phosphoric ester groups is 2. The maximum atomic E-state index is 13.1. The van der Waals surface area contributed by atoms with E-state index in [1.165, 1.54) is 225 Å². The summed E-state index contributed by atoms with van der Waals surface area (Å²) in [4.78, 5) is 73.0. The summed E-state index contributed by atoms with van der Waals surface area (Å²) >= 11 is 0. The Hall–Kier alpha value is -1.94. The minimum absolute atomic E-state index is 0.105. The fraction of sp³-hybridized carbons (Fsp3) is 0.950. The molecule has 0 aromatic carbocycles. The van der Waals surface area contributed by atoms with E-state index in [0.29, 0.717) is 25.7 Å². The third-order valence-corrected chi connectivity index (χ3v) is 20.5. The largest absolute Gasteiger partial charge is 0.472 e. The van der Waals surface area contributed by atoms with E-state index >= 15 is 0 Å².